The van der Waals surface area contributed by atoms with E-state index in [1.807, 2.05) is 0 Å². The van der Waals surface area contributed by atoms with Crippen LogP contribution in [0.25, 0.3) is 0 Å². The van der Waals surface area contributed by atoms with E-state index in [0.717, 1.165) is 18.7 Å². The Morgan fingerprint density at radius 1 is 1.47 bits per heavy atom. The molecule has 0 saturated carbocycles. The van der Waals surface area contributed by atoms with Crippen molar-refractivity contribution in [1.82, 2.24) is 9.80 Å². The minimum absolute atomic E-state index is 0.278. The molecular weight excluding hydrogens is 243 g/mol. The van der Waals surface area contributed by atoms with Crippen molar-refractivity contribution in [3.63, 3.8) is 0 Å². The Kier molecular flexibility index (Phi) is 4.77. The second kappa shape index (κ2) is 6.35. The number of hydrogen-bond donors (Lipinski definition) is 1. The number of benzene rings is 1. The first-order valence-corrected chi connectivity index (χ1v) is 7.00. The lowest BCUT2D eigenvalue weighted by Crippen LogP contribution is -2.38. The summed E-state index contributed by atoms with van der Waals surface area (Å²) >= 11 is 0. The van der Waals surface area contributed by atoms with Gasteiger partial charge in [-0.25, -0.2) is 4.39 Å². The summed E-state index contributed by atoms with van der Waals surface area (Å²) in [5.74, 6) is -0.818. The van der Waals surface area contributed by atoms with Crippen LogP contribution in [-0.4, -0.2) is 47.6 Å². The van der Waals surface area contributed by atoms with Crippen molar-refractivity contribution in [1.29, 1.82) is 0 Å². The fraction of sp³-hybridized carbons (Fsp3) is 0.600. The average Bonchev–Trinajstić information content (AvgIpc) is 2.81. The SMILES string of the molecule is CCN1CCCC1CN(C)Cc1ccc(O)c(F)c1. The van der Waals surface area contributed by atoms with Crippen LogP contribution in [0.1, 0.15) is 25.3 Å². The zero-order valence-electron chi connectivity index (χ0n) is 11.8. The molecule has 1 aliphatic heterocycles. The van der Waals surface area contributed by atoms with Gasteiger partial charge in [0.25, 0.3) is 0 Å². The number of likely N-dealkylation sites (N-methyl/N-ethyl adjacent to an activating group) is 2. The van der Waals surface area contributed by atoms with E-state index in [9.17, 15) is 9.50 Å². The molecule has 1 heterocycles. The average molecular weight is 266 g/mol. The summed E-state index contributed by atoms with van der Waals surface area (Å²) in [7, 11) is 2.07. The number of hydrogen-bond acceptors (Lipinski definition) is 3. The highest BCUT2D eigenvalue weighted by atomic mass is 19.1. The lowest BCUT2D eigenvalue weighted by molar-refractivity contribution is 0.194. The van der Waals surface area contributed by atoms with Gasteiger partial charge in [-0.15, -0.1) is 0 Å². The van der Waals surface area contributed by atoms with Crippen LogP contribution < -0.4 is 0 Å². The first-order valence-electron chi connectivity index (χ1n) is 7.00. The topological polar surface area (TPSA) is 26.7 Å². The molecule has 0 spiro atoms. The molecule has 0 bridgehead atoms. The van der Waals surface area contributed by atoms with Crippen molar-refractivity contribution in [2.24, 2.45) is 0 Å². The number of likely N-dealkylation sites (tertiary alicyclic amines) is 1. The smallest absolute Gasteiger partial charge is 0.165 e. The summed E-state index contributed by atoms with van der Waals surface area (Å²) in [5.41, 5.74) is 0.902. The second-order valence-electron chi connectivity index (χ2n) is 5.41. The highest BCUT2D eigenvalue weighted by molar-refractivity contribution is 5.27. The van der Waals surface area contributed by atoms with Crippen LogP contribution in [0.15, 0.2) is 18.2 Å². The predicted molar refractivity (Wildman–Crippen MR) is 74.7 cm³/mol. The second-order valence-corrected chi connectivity index (χ2v) is 5.41. The van der Waals surface area contributed by atoms with E-state index in [2.05, 4.69) is 23.8 Å². The maximum Gasteiger partial charge on any atom is 0.165 e. The van der Waals surface area contributed by atoms with Crippen LogP contribution in [0, 0.1) is 5.82 Å². The summed E-state index contributed by atoms with van der Waals surface area (Å²) in [6.07, 6.45) is 2.53. The van der Waals surface area contributed by atoms with Gasteiger partial charge in [-0.1, -0.05) is 13.0 Å². The third-order valence-electron chi connectivity index (χ3n) is 3.89. The number of nitrogens with zero attached hydrogens (tertiary/aromatic N) is 2. The van der Waals surface area contributed by atoms with E-state index >= 15 is 0 Å². The van der Waals surface area contributed by atoms with E-state index in [1.165, 1.54) is 31.5 Å². The lowest BCUT2D eigenvalue weighted by Gasteiger charge is -2.27. The van der Waals surface area contributed by atoms with Gasteiger partial charge in [0.1, 0.15) is 0 Å². The van der Waals surface area contributed by atoms with Gasteiger partial charge in [0.05, 0.1) is 0 Å². The van der Waals surface area contributed by atoms with Crippen molar-refractivity contribution in [2.75, 3.05) is 26.7 Å². The van der Waals surface area contributed by atoms with Gasteiger partial charge >= 0.3 is 0 Å². The largest absolute Gasteiger partial charge is 0.505 e. The Balaban J connectivity index is 1.90. The van der Waals surface area contributed by atoms with Crippen LogP contribution in [0.2, 0.25) is 0 Å². The van der Waals surface area contributed by atoms with Crippen molar-refractivity contribution in [2.45, 2.75) is 32.4 Å². The predicted octanol–water partition coefficient (Wildman–Crippen LogP) is 2.45. The fourth-order valence-corrected chi connectivity index (χ4v) is 2.90. The molecule has 1 aromatic carbocycles. The molecule has 1 fully saturated rings. The molecule has 2 rings (SSSR count). The molecule has 1 atom stereocenters. The Morgan fingerprint density at radius 3 is 2.95 bits per heavy atom. The van der Waals surface area contributed by atoms with Crippen molar-refractivity contribution >= 4 is 0 Å². The Labute approximate surface area is 114 Å². The monoisotopic (exact) mass is 266 g/mol. The zero-order chi connectivity index (χ0) is 13.8. The molecular formula is C15H23FN2O. The maximum atomic E-state index is 13.3. The van der Waals surface area contributed by atoms with Crippen LogP contribution in [0.4, 0.5) is 4.39 Å². The van der Waals surface area contributed by atoms with E-state index in [1.54, 1.807) is 6.07 Å². The first kappa shape index (κ1) is 14.3. The van der Waals surface area contributed by atoms with Crippen LogP contribution in [0.3, 0.4) is 0 Å². The molecule has 0 aliphatic carbocycles. The summed E-state index contributed by atoms with van der Waals surface area (Å²) in [5, 5.41) is 9.18. The summed E-state index contributed by atoms with van der Waals surface area (Å²) in [4.78, 5) is 4.73. The van der Waals surface area contributed by atoms with Crippen molar-refractivity contribution in [3.8, 4) is 5.75 Å². The molecule has 1 unspecified atom stereocenters. The van der Waals surface area contributed by atoms with Gasteiger partial charge in [0.15, 0.2) is 11.6 Å². The van der Waals surface area contributed by atoms with Gasteiger partial charge < -0.3 is 10.0 Å². The minimum atomic E-state index is -0.540. The van der Waals surface area contributed by atoms with Gasteiger partial charge in [-0.05, 0) is 50.7 Å². The molecule has 1 aromatic rings. The van der Waals surface area contributed by atoms with Gasteiger partial charge in [0.2, 0.25) is 0 Å². The molecule has 4 heteroatoms. The number of phenolic OH excluding ortho intramolecular Hbond substituents is 1. The molecule has 3 nitrogen and oxygen atoms in total. The third kappa shape index (κ3) is 3.67. The lowest BCUT2D eigenvalue weighted by atomic mass is 10.1. The van der Waals surface area contributed by atoms with Gasteiger partial charge in [-0.2, -0.15) is 0 Å². The quantitative estimate of drug-likeness (QED) is 0.887. The number of phenols is 1. The van der Waals surface area contributed by atoms with Crippen LogP contribution >= 0.6 is 0 Å². The Morgan fingerprint density at radius 2 is 2.26 bits per heavy atom. The number of aromatic hydroxyl groups is 1. The summed E-state index contributed by atoms with van der Waals surface area (Å²) < 4.78 is 13.3. The normalized spacial score (nSPS) is 20.3. The fourth-order valence-electron chi connectivity index (χ4n) is 2.90. The van der Waals surface area contributed by atoms with Gasteiger partial charge in [-0.3, -0.25) is 4.90 Å². The summed E-state index contributed by atoms with van der Waals surface area (Å²) in [6, 6.07) is 5.24. The van der Waals surface area contributed by atoms with Crippen molar-refractivity contribution < 1.29 is 9.50 Å². The van der Waals surface area contributed by atoms with E-state index in [0.29, 0.717) is 12.6 Å². The molecule has 0 radical (unpaired) electrons. The zero-order valence-corrected chi connectivity index (χ0v) is 11.8. The Bertz CT molecular complexity index is 425. The molecule has 1 saturated heterocycles. The number of halogens is 1. The first-order chi connectivity index (χ1) is 9.10. The van der Waals surface area contributed by atoms with Crippen LogP contribution in [0.5, 0.6) is 5.75 Å². The highest BCUT2D eigenvalue weighted by Crippen LogP contribution is 2.20. The molecule has 0 amide bonds. The minimum Gasteiger partial charge on any atom is -0.505 e. The molecule has 19 heavy (non-hydrogen) atoms. The van der Waals surface area contributed by atoms with E-state index in [4.69, 9.17) is 0 Å². The Hall–Kier alpha value is -1.13. The van der Waals surface area contributed by atoms with Gasteiger partial charge in [0, 0.05) is 19.1 Å². The van der Waals surface area contributed by atoms with E-state index in [-0.39, 0.29) is 5.75 Å². The molecule has 1 N–H and O–H groups in total. The molecule has 0 aromatic heterocycles. The standard InChI is InChI=1S/C15H23FN2O/c1-3-18-8-4-5-13(18)11-17(2)10-12-6-7-15(19)14(16)9-12/h6-7,9,13,19H,3-5,8,10-11H2,1-2H3. The third-order valence-corrected chi connectivity index (χ3v) is 3.89. The van der Waals surface area contributed by atoms with Crippen LogP contribution in [-0.2, 0) is 6.54 Å². The molecule has 1 aliphatic rings. The molecule has 106 valence electrons. The van der Waals surface area contributed by atoms with E-state index < -0.39 is 5.82 Å². The highest BCUT2D eigenvalue weighted by Gasteiger charge is 2.23. The summed E-state index contributed by atoms with van der Waals surface area (Å²) in [6.45, 7) is 6.23. The van der Waals surface area contributed by atoms with Crippen molar-refractivity contribution in [3.05, 3.63) is 29.6 Å². The maximum absolute atomic E-state index is 13.3. The number of rotatable bonds is 5.